The number of methoxy groups -OCH3 is 1. The Hall–Kier alpha value is -1.35. The molecule has 0 aliphatic heterocycles. The van der Waals surface area contributed by atoms with Crippen LogP contribution in [0, 0.1) is 6.92 Å². The minimum absolute atomic E-state index is 0. The van der Waals surface area contributed by atoms with E-state index in [2.05, 4.69) is 15.3 Å². The smallest absolute Gasteiger partial charge is 0.193 e. The van der Waals surface area contributed by atoms with Crippen molar-refractivity contribution in [2.75, 3.05) is 19.0 Å². The molecule has 0 spiro atoms. The van der Waals surface area contributed by atoms with Crippen molar-refractivity contribution in [3.63, 3.8) is 0 Å². The fourth-order valence-corrected chi connectivity index (χ4v) is 2.45. The Morgan fingerprint density at radius 3 is 2.95 bits per heavy atom. The molecule has 1 aromatic heterocycles. The molecular formula is C14H19IN4OS. The SMILES string of the molecule is COc1cccc(NC(N)=NCCc2ncc(C)s2)c1.I. The summed E-state index contributed by atoms with van der Waals surface area (Å²) in [6, 6.07) is 7.55. The normalized spacial score (nSPS) is 10.9. The molecule has 7 heteroatoms. The number of anilines is 1. The summed E-state index contributed by atoms with van der Waals surface area (Å²) in [5.74, 6) is 1.17. The molecule has 0 saturated carbocycles. The van der Waals surface area contributed by atoms with Gasteiger partial charge in [0.25, 0.3) is 0 Å². The monoisotopic (exact) mass is 418 g/mol. The summed E-state index contributed by atoms with van der Waals surface area (Å²) in [6.07, 6.45) is 2.68. The highest BCUT2D eigenvalue weighted by Gasteiger charge is 1.99. The summed E-state index contributed by atoms with van der Waals surface area (Å²) >= 11 is 1.69. The fraction of sp³-hybridized carbons (Fsp3) is 0.286. The van der Waals surface area contributed by atoms with Crippen LogP contribution < -0.4 is 15.8 Å². The lowest BCUT2D eigenvalue weighted by atomic mass is 10.3. The summed E-state index contributed by atoms with van der Waals surface area (Å²) < 4.78 is 5.15. The first-order chi connectivity index (χ1) is 9.67. The van der Waals surface area contributed by atoms with Crippen LogP contribution in [0.5, 0.6) is 5.75 Å². The van der Waals surface area contributed by atoms with Crippen LogP contribution in [-0.2, 0) is 6.42 Å². The molecule has 2 aromatic rings. The number of rotatable bonds is 5. The van der Waals surface area contributed by atoms with Gasteiger partial charge in [0.05, 0.1) is 12.1 Å². The van der Waals surface area contributed by atoms with Gasteiger partial charge in [-0.25, -0.2) is 4.98 Å². The van der Waals surface area contributed by atoms with E-state index >= 15 is 0 Å². The van der Waals surface area contributed by atoms with E-state index in [1.165, 1.54) is 4.88 Å². The molecule has 5 nitrogen and oxygen atoms in total. The third-order valence-electron chi connectivity index (χ3n) is 2.62. The number of guanidine groups is 1. The molecule has 0 aliphatic rings. The molecule has 1 heterocycles. The molecule has 2 rings (SSSR count). The van der Waals surface area contributed by atoms with Crippen molar-refractivity contribution in [2.45, 2.75) is 13.3 Å². The third kappa shape index (κ3) is 5.88. The molecule has 0 radical (unpaired) electrons. The van der Waals surface area contributed by atoms with Gasteiger partial charge < -0.3 is 15.8 Å². The molecule has 0 amide bonds. The van der Waals surface area contributed by atoms with Crippen LogP contribution in [0.1, 0.15) is 9.88 Å². The van der Waals surface area contributed by atoms with Crippen molar-refractivity contribution >= 4 is 47.0 Å². The summed E-state index contributed by atoms with van der Waals surface area (Å²) in [5.41, 5.74) is 6.70. The summed E-state index contributed by atoms with van der Waals surface area (Å²) in [6.45, 7) is 2.67. The van der Waals surface area contributed by atoms with Crippen LogP contribution in [-0.4, -0.2) is 24.6 Å². The Morgan fingerprint density at radius 2 is 2.29 bits per heavy atom. The Morgan fingerprint density at radius 1 is 1.48 bits per heavy atom. The van der Waals surface area contributed by atoms with Crippen LogP contribution in [0.2, 0.25) is 0 Å². The maximum absolute atomic E-state index is 5.85. The number of ether oxygens (including phenoxy) is 1. The highest BCUT2D eigenvalue weighted by Crippen LogP contribution is 2.16. The average molecular weight is 418 g/mol. The molecule has 21 heavy (non-hydrogen) atoms. The van der Waals surface area contributed by atoms with Gasteiger partial charge in [-0.15, -0.1) is 35.3 Å². The lowest BCUT2D eigenvalue weighted by Crippen LogP contribution is -2.23. The number of aryl methyl sites for hydroxylation is 1. The first-order valence-electron chi connectivity index (χ1n) is 6.29. The molecule has 1 aromatic carbocycles. The highest BCUT2D eigenvalue weighted by molar-refractivity contribution is 14.0. The van der Waals surface area contributed by atoms with Crippen molar-refractivity contribution in [3.05, 3.63) is 40.3 Å². The van der Waals surface area contributed by atoms with Crippen molar-refractivity contribution in [1.29, 1.82) is 0 Å². The van der Waals surface area contributed by atoms with Crippen LogP contribution in [0.15, 0.2) is 35.5 Å². The van der Waals surface area contributed by atoms with E-state index < -0.39 is 0 Å². The molecule has 0 aliphatic carbocycles. The number of thiazole rings is 1. The van der Waals surface area contributed by atoms with Crippen molar-refractivity contribution < 1.29 is 4.74 Å². The van der Waals surface area contributed by atoms with Gasteiger partial charge in [0.2, 0.25) is 0 Å². The number of benzene rings is 1. The molecule has 0 unspecified atom stereocenters. The Balaban J connectivity index is 0.00000220. The van der Waals surface area contributed by atoms with Crippen LogP contribution in [0.25, 0.3) is 0 Å². The van der Waals surface area contributed by atoms with Gasteiger partial charge in [0.1, 0.15) is 5.75 Å². The van der Waals surface area contributed by atoms with E-state index in [1.807, 2.05) is 37.4 Å². The van der Waals surface area contributed by atoms with Gasteiger partial charge >= 0.3 is 0 Å². The van der Waals surface area contributed by atoms with Gasteiger partial charge in [0, 0.05) is 35.8 Å². The van der Waals surface area contributed by atoms with Crippen molar-refractivity contribution in [1.82, 2.24) is 4.98 Å². The average Bonchev–Trinajstić information content (AvgIpc) is 2.84. The van der Waals surface area contributed by atoms with Crippen molar-refractivity contribution in [2.24, 2.45) is 10.7 Å². The zero-order valence-corrected chi connectivity index (χ0v) is 15.1. The molecule has 3 N–H and O–H groups in total. The lowest BCUT2D eigenvalue weighted by Gasteiger charge is -2.07. The first kappa shape index (κ1) is 17.7. The third-order valence-corrected chi connectivity index (χ3v) is 3.59. The quantitative estimate of drug-likeness (QED) is 0.445. The number of nitrogens with two attached hydrogens (primary N) is 1. The number of nitrogens with one attached hydrogen (secondary N) is 1. The Labute approximate surface area is 145 Å². The zero-order chi connectivity index (χ0) is 14.4. The van der Waals surface area contributed by atoms with Gasteiger partial charge in [-0.2, -0.15) is 0 Å². The van der Waals surface area contributed by atoms with E-state index in [4.69, 9.17) is 10.5 Å². The molecule has 0 bridgehead atoms. The molecule has 0 atom stereocenters. The minimum atomic E-state index is 0. The molecule has 114 valence electrons. The second kappa shape index (κ2) is 8.83. The number of hydrogen-bond acceptors (Lipinski definition) is 4. The second-order valence-electron chi connectivity index (χ2n) is 4.24. The topological polar surface area (TPSA) is 72.5 Å². The number of halogens is 1. The van der Waals surface area contributed by atoms with Crippen LogP contribution in [0.4, 0.5) is 5.69 Å². The standard InChI is InChI=1S/C14H18N4OS.HI/c1-10-9-17-13(20-10)6-7-16-14(15)18-11-4-3-5-12(8-11)19-2;/h3-5,8-9H,6-7H2,1-2H3,(H3,15,16,18);1H. The van der Waals surface area contributed by atoms with E-state index in [9.17, 15) is 0 Å². The van der Waals surface area contributed by atoms with E-state index in [0.29, 0.717) is 12.5 Å². The number of aliphatic imine (C=N–C) groups is 1. The molecule has 0 saturated heterocycles. The fourth-order valence-electron chi connectivity index (χ4n) is 1.68. The second-order valence-corrected chi connectivity index (χ2v) is 5.56. The number of hydrogen-bond donors (Lipinski definition) is 2. The van der Waals surface area contributed by atoms with Crippen molar-refractivity contribution in [3.8, 4) is 5.75 Å². The number of nitrogens with zero attached hydrogens (tertiary/aromatic N) is 2. The first-order valence-corrected chi connectivity index (χ1v) is 7.11. The largest absolute Gasteiger partial charge is 0.497 e. The van der Waals surface area contributed by atoms with Crippen LogP contribution >= 0.6 is 35.3 Å². The van der Waals surface area contributed by atoms with Gasteiger partial charge in [-0.05, 0) is 19.1 Å². The van der Waals surface area contributed by atoms with E-state index in [1.54, 1.807) is 18.4 Å². The summed E-state index contributed by atoms with van der Waals surface area (Å²) in [5, 5.41) is 4.12. The van der Waals surface area contributed by atoms with Gasteiger partial charge in [0.15, 0.2) is 5.96 Å². The molecular weight excluding hydrogens is 399 g/mol. The van der Waals surface area contributed by atoms with Crippen LogP contribution in [0.3, 0.4) is 0 Å². The Kier molecular flexibility index (Phi) is 7.44. The predicted molar refractivity (Wildman–Crippen MR) is 99.1 cm³/mol. The predicted octanol–water partition coefficient (Wildman–Crippen LogP) is 3.05. The van der Waals surface area contributed by atoms with E-state index in [-0.39, 0.29) is 24.0 Å². The number of aromatic nitrogens is 1. The lowest BCUT2D eigenvalue weighted by molar-refractivity contribution is 0.415. The maximum Gasteiger partial charge on any atom is 0.193 e. The maximum atomic E-state index is 5.85. The zero-order valence-electron chi connectivity index (χ0n) is 12.0. The minimum Gasteiger partial charge on any atom is -0.497 e. The van der Waals surface area contributed by atoms with Gasteiger partial charge in [-0.1, -0.05) is 6.07 Å². The molecule has 0 fully saturated rings. The Bertz CT molecular complexity index is 600. The van der Waals surface area contributed by atoms with Gasteiger partial charge in [-0.3, -0.25) is 4.99 Å². The highest BCUT2D eigenvalue weighted by atomic mass is 127. The van der Waals surface area contributed by atoms with E-state index in [0.717, 1.165) is 22.9 Å². The summed E-state index contributed by atoms with van der Waals surface area (Å²) in [4.78, 5) is 9.79. The summed E-state index contributed by atoms with van der Waals surface area (Å²) in [7, 11) is 1.63.